The van der Waals surface area contributed by atoms with Crippen LogP contribution in [0.3, 0.4) is 0 Å². The van der Waals surface area contributed by atoms with Crippen molar-refractivity contribution in [1.29, 1.82) is 0 Å². The van der Waals surface area contributed by atoms with Crippen LogP contribution in [-0.2, 0) is 22.5 Å². The highest BCUT2D eigenvalue weighted by Crippen LogP contribution is 2.19. The van der Waals surface area contributed by atoms with Crippen LogP contribution in [0.1, 0.15) is 26.3 Å². The number of rotatable bonds is 6. The highest BCUT2D eigenvalue weighted by molar-refractivity contribution is 9.10. The summed E-state index contributed by atoms with van der Waals surface area (Å²) in [4.78, 5) is 13.2. The van der Waals surface area contributed by atoms with Gasteiger partial charge in [0.1, 0.15) is 9.57 Å². The highest BCUT2D eigenvalue weighted by Gasteiger charge is 2.31. The first-order chi connectivity index (χ1) is 9.75. The molecular formula is C15H22BrNO3S. The van der Waals surface area contributed by atoms with Crippen molar-refractivity contribution in [2.45, 2.75) is 36.9 Å². The highest BCUT2D eigenvalue weighted by atomic mass is 79.9. The first-order valence-electron chi connectivity index (χ1n) is 6.72. The van der Waals surface area contributed by atoms with Crippen LogP contribution in [0.15, 0.2) is 30.3 Å². The van der Waals surface area contributed by atoms with Crippen molar-refractivity contribution in [3.8, 4) is 0 Å². The van der Waals surface area contributed by atoms with E-state index in [1.807, 2.05) is 51.1 Å². The molecule has 0 radical (unpaired) electrons. The predicted molar refractivity (Wildman–Crippen MR) is 89.6 cm³/mol. The molecule has 0 aliphatic rings. The van der Waals surface area contributed by atoms with Crippen LogP contribution in [0.5, 0.6) is 0 Å². The molecule has 2 atom stereocenters. The lowest BCUT2D eigenvalue weighted by Crippen LogP contribution is -2.44. The Morgan fingerprint density at radius 3 is 2.43 bits per heavy atom. The van der Waals surface area contributed by atoms with Gasteiger partial charge < -0.3 is 9.66 Å². The normalized spacial score (nSPS) is 14.6. The third-order valence-electron chi connectivity index (χ3n) is 2.91. The summed E-state index contributed by atoms with van der Waals surface area (Å²) in [6.07, 6.45) is 0. The van der Waals surface area contributed by atoms with Crippen LogP contribution in [0.4, 0.5) is 0 Å². The third kappa shape index (κ3) is 5.98. The largest absolute Gasteiger partial charge is 0.615 e. The van der Waals surface area contributed by atoms with Crippen molar-refractivity contribution >= 4 is 33.0 Å². The van der Waals surface area contributed by atoms with E-state index in [-0.39, 0.29) is 18.4 Å². The number of hydrogen-bond donors (Lipinski definition) is 1. The van der Waals surface area contributed by atoms with E-state index >= 15 is 0 Å². The molecule has 1 aromatic rings. The summed E-state index contributed by atoms with van der Waals surface area (Å²) < 4.78 is 11.9. The second kappa shape index (κ2) is 8.17. The van der Waals surface area contributed by atoms with Crippen molar-refractivity contribution in [3.05, 3.63) is 35.9 Å². The monoisotopic (exact) mass is 375 g/mol. The molecule has 21 heavy (non-hydrogen) atoms. The molecule has 1 amide bonds. The van der Waals surface area contributed by atoms with Crippen molar-refractivity contribution < 1.29 is 14.5 Å². The number of carbonyl (C=O) groups is 1. The van der Waals surface area contributed by atoms with Gasteiger partial charge in [-0.25, -0.2) is 0 Å². The minimum atomic E-state index is -1.18. The molecule has 0 bridgehead atoms. The topological polar surface area (TPSA) is 63.6 Å². The molecule has 1 N–H and O–H groups in total. The fourth-order valence-electron chi connectivity index (χ4n) is 1.60. The lowest BCUT2D eigenvalue weighted by Gasteiger charge is -2.31. The molecule has 0 saturated carbocycles. The number of amides is 1. The van der Waals surface area contributed by atoms with Crippen LogP contribution in [0, 0.1) is 0 Å². The maximum atomic E-state index is 12.3. The fraction of sp³-hybridized carbons (Fsp3) is 0.533. The van der Waals surface area contributed by atoms with Gasteiger partial charge in [0.15, 0.2) is 5.88 Å². The fourth-order valence-corrected chi connectivity index (χ4v) is 2.78. The second-order valence-corrected chi connectivity index (χ2v) is 9.04. The molecule has 4 nitrogen and oxygen atoms in total. The van der Waals surface area contributed by atoms with E-state index in [1.165, 1.54) is 4.90 Å². The summed E-state index contributed by atoms with van der Waals surface area (Å²) in [7, 11) is 0. The molecule has 1 unspecified atom stereocenters. The van der Waals surface area contributed by atoms with Gasteiger partial charge in [-0.05, 0) is 37.5 Å². The van der Waals surface area contributed by atoms with Crippen molar-refractivity contribution in [1.82, 2.24) is 4.90 Å². The summed E-state index contributed by atoms with van der Waals surface area (Å²) in [6, 6.07) is 9.54. The van der Waals surface area contributed by atoms with Gasteiger partial charge in [-0.3, -0.25) is 9.69 Å². The van der Waals surface area contributed by atoms with E-state index in [2.05, 4.69) is 15.9 Å². The predicted octanol–water partition coefficient (Wildman–Crippen LogP) is 2.28. The molecule has 0 heterocycles. The molecule has 118 valence electrons. The van der Waals surface area contributed by atoms with Crippen LogP contribution in [0.25, 0.3) is 0 Å². The van der Waals surface area contributed by atoms with Crippen LogP contribution >= 0.6 is 15.9 Å². The van der Waals surface area contributed by atoms with Gasteiger partial charge >= 0.3 is 0 Å². The first-order valence-corrected chi connectivity index (χ1v) is 8.95. The Kier molecular flexibility index (Phi) is 7.20. The lowest BCUT2D eigenvalue weighted by molar-refractivity contribution is -0.130. The molecule has 0 aliphatic carbocycles. The number of hydrogen-bond acceptors (Lipinski definition) is 3. The quantitative estimate of drug-likeness (QED) is 0.612. The average molecular weight is 376 g/mol. The summed E-state index contributed by atoms with van der Waals surface area (Å²) >= 11 is 1.98. The number of nitrogens with zero attached hydrogens (tertiary/aromatic N) is 1. The summed E-state index contributed by atoms with van der Waals surface area (Å²) in [5.74, 6) is -0.0989. The van der Waals surface area contributed by atoms with E-state index in [0.717, 1.165) is 5.56 Å². The molecule has 0 fully saturated rings. The zero-order chi connectivity index (χ0) is 16.0. The Hall–Kier alpha value is -0.560. The molecule has 0 aliphatic heterocycles. The van der Waals surface area contributed by atoms with Gasteiger partial charge in [0.05, 0.1) is 13.2 Å². The van der Waals surface area contributed by atoms with Gasteiger partial charge in [0.2, 0.25) is 5.91 Å². The number of benzene rings is 1. The molecular weight excluding hydrogens is 354 g/mol. The van der Waals surface area contributed by atoms with Crippen molar-refractivity contribution in [2.75, 3.05) is 12.5 Å². The van der Waals surface area contributed by atoms with E-state index in [4.69, 9.17) is 5.11 Å². The van der Waals surface area contributed by atoms with E-state index < -0.39 is 20.8 Å². The zero-order valence-corrected chi connectivity index (χ0v) is 15.0. The van der Waals surface area contributed by atoms with Crippen LogP contribution in [-0.4, -0.2) is 42.5 Å². The summed E-state index contributed by atoms with van der Waals surface area (Å²) in [5, 5.41) is 9.14. The van der Waals surface area contributed by atoms with E-state index in [1.54, 1.807) is 0 Å². The maximum Gasteiger partial charge on any atom is 0.242 e. The van der Waals surface area contributed by atoms with Crippen LogP contribution in [0.2, 0.25) is 0 Å². The number of aliphatic hydroxyl groups excluding tert-OH is 1. The summed E-state index contributed by atoms with van der Waals surface area (Å²) in [5.41, 5.74) is 0.967. The Morgan fingerprint density at radius 1 is 1.38 bits per heavy atom. The summed E-state index contributed by atoms with van der Waals surface area (Å²) in [6.45, 7) is 5.74. The number of halogens is 1. The number of alkyl halides is 1. The zero-order valence-electron chi connectivity index (χ0n) is 12.6. The smallest absolute Gasteiger partial charge is 0.242 e. The van der Waals surface area contributed by atoms with Gasteiger partial charge in [-0.2, -0.15) is 0 Å². The standard InChI is InChI=1S/C15H22BrNO3S/c1-15(2,3)21(20)11-17(14(19)13(16)10-18)9-12-7-5-4-6-8-12/h4-8,13,18H,9-11H2,1-3H3/t13-,21?/m0/s1. The lowest BCUT2D eigenvalue weighted by atomic mass is 10.2. The second-order valence-electron chi connectivity index (χ2n) is 5.76. The van der Waals surface area contributed by atoms with E-state index in [9.17, 15) is 9.35 Å². The third-order valence-corrected chi connectivity index (χ3v) is 5.51. The molecule has 0 saturated heterocycles. The molecule has 1 aromatic carbocycles. The van der Waals surface area contributed by atoms with Gasteiger partial charge in [-0.15, -0.1) is 0 Å². The number of aliphatic hydroxyl groups is 1. The molecule has 6 heteroatoms. The Morgan fingerprint density at radius 2 is 1.95 bits per heavy atom. The molecule has 0 spiro atoms. The van der Waals surface area contributed by atoms with Crippen LogP contribution < -0.4 is 0 Å². The average Bonchev–Trinajstić information content (AvgIpc) is 2.45. The van der Waals surface area contributed by atoms with Crippen molar-refractivity contribution in [2.24, 2.45) is 0 Å². The minimum Gasteiger partial charge on any atom is -0.615 e. The first kappa shape index (κ1) is 18.5. The molecule has 1 rings (SSSR count). The maximum absolute atomic E-state index is 12.3. The SMILES string of the molecule is CC(C)(C)[S+]([O-])CN(Cc1ccccc1)C(=O)[C@@H](Br)CO. The minimum absolute atomic E-state index is 0.152. The van der Waals surface area contributed by atoms with E-state index in [0.29, 0.717) is 6.54 Å². The molecule has 0 aromatic heterocycles. The van der Waals surface area contributed by atoms with Crippen molar-refractivity contribution in [3.63, 3.8) is 0 Å². The van der Waals surface area contributed by atoms with Gasteiger partial charge in [-0.1, -0.05) is 46.3 Å². The Bertz CT molecular complexity index is 450. The van der Waals surface area contributed by atoms with Gasteiger partial charge in [0, 0.05) is 0 Å². The Balaban J connectivity index is 2.87. The number of carbonyl (C=O) groups excluding carboxylic acids is 1. The Labute approximate surface area is 137 Å². The van der Waals surface area contributed by atoms with Gasteiger partial charge in [0.25, 0.3) is 0 Å².